The average molecular weight is 285 g/mol. The van der Waals surface area contributed by atoms with Crippen molar-refractivity contribution < 1.29 is 5.11 Å². The minimum atomic E-state index is 0.207. The lowest BCUT2D eigenvalue weighted by molar-refractivity contribution is 0.0397. The SMILES string of the molecule is CC(C)=CCN1CC[C@]2(C)c3cc(O)ccc3CC1C2C. The lowest BCUT2D eigenvalue weighted by Crippen LogP contribution is -2.57. The molecule has 0 aromatic heterocycles. The molecule has 1 aliphatic heterocycles. The van der Waals surface area contributed by atoms with Crippen molar-refractivity contribution in [2.45, 2.75) is 52.0 Å². The highest BCUT2D eigenvalue weighted by Gasteiger charge is 2.48. The van der Waals surface area contributed by atoms with Gasteiger partial charge in [0, 0.05) is 12.6 Å². The summed E-state index contributed by atoms with van der Waals surface area (Å²) in [5.41, 5.74) is 4.42. The van der Waals surface area contributed by atoms with Crippen LogP contribution >= 0.6 is 0 Å². The molecule has 2 nitrogen and oxygen atoms in total. The van der Waals surface area contributed by atoms with Gasteiger partial charge in [0.25, 0.3) is 0 Å². The van der Waals surface area contributed by atoms with Crippen LogP contribution in [0.25, 0.3) is 0 Å². The van der Waals surface area contributed by atoms with Crippen LogP contribution in [0.15, 0.2) is 29.8 Å². The summed E-state index contributed by atoms with van der Waals surface area (Å²) in [5.74, 6) is 1.04. The zero-order valence-corrected chi connectivity index (χ0v) is 13.7. The monoisotopic (exact) mass is 285 g/mol. The molecule has 1 fully saturated rings. The molecule has 3 atom stereocenters. The first-order valence-electron chi connectivity index (χ1n) is 8.11. The third-order valence-electron chi connectivity index (χ3n) is 5.84. The Kier molecular flexibility index (Phi) is 3.61. The van der Waals surface area contributed by atoms with Crippen molar-refractivity contribution in [3.8, 4) is 5.75 Å². The lowest BCUT2D eigenvalue weighted by Gasteiger charge is -2.54. The van der Waals surface area contributed by atoms with Gasteiger partial charge in [-0.2, -0.15) is 0 Å². The molecule has 1 aromatic carbocycles. The Morgan fingerprint density at radius 2 is 2.19 bits per heavy atom. The second kappa shape index (κ2) is 5.17. The molecular formula is C19H27NO. The standard InChI is InChI=1S/C19H27NO/c1-13(2)7-9-20-10-8-19(4)14(3)18(20)11-15-5-6-16(21)12-17(15)19/h5-7,12,14,18,21H,8-11H2,1-4H3/t14?,18?,19-/m0/s1. The molecule has 114 valence electrons. The molecular weight excluding hydrogens is 258 g/mol. The van der Waals surface area contributed by atoms with Crippen molar-refractivity contribution in [3.63, 3.8) is 0 Å². The van der Waals surface area contributed by atoms with E-state index < -0.39 is 0 Å². The van der Waals surface area contributed by atoms with E-state index in [0.29, 0.717) is 17.7 Å². The number of fused-ring (bicyclic) bond motifs is 4. The normalized spacial score (nSPS) is 31.6. The lowest BCUT2D eigenvalue weighted by atomic mass is 9.59. The van der Waals surface area contributed by atoms with Crippen LogP contribution in [0.3, 0.4) is 0 Å². The van der Waals surface area contributed by atoms with E-state index >= 15 is 0 Å². The van der Waals surface area contributed by atoms with Gasteiger partial charge in [-0.3, -0.25) is 4.90 Å². The van der Waals surface area contributed by atoms with E-state index in [4.69, 9.17) is 0 Å². The molecule has 0 radical (unpaired) electrons. The van der Waals surface area contributed by atoms with Crippen LogP contribution in [0, 0.1) is 5.92 Å². The molecule has 2 heteroatoms. The molecule has 2 unspecified atom stereocenters. The maximum atomic E-state index is 9.87. The molecule has 1 aromatic rings. The van der Waals surface area contributed by atoms with Crippen molar-refractivity contribution in [2.75, 3.05) is 13.1 Å². The molecule has 21 heavy (non-hydrogen) atoms. The van der Waals surface area contributed by atoms with Gasteiger partial charge < -0.3 is 5.11 Å². The van der Waals surface area contributed by atoms with Crippen LogP contribution in [0.2, 0.25) is 0 Å². The van der Waals surface area contributed by atoms with Gasteiger partial charge in [0.15, 0.2) is 0 Å². The zero-order chi connectivity index (χ0) is 15.2. The number of phenols is 1. The van der Waals surface area contributed by atoms with Crippen LogP contribution < -0.4 is 0 Å². The van der Waals surface area contributed by atoms with Gasteiger partial charge >= 0.3 is 0 Å². The Morgan fingerprint density at radius 1 is 1.43 bits per heavy atom. The Bertz CT molecular complexity index is 573. The van der Waals surface area contributed by atoms with E-state index in [1.807, 2.05) is 12.1 Å². The number of aromatic hydroxyl groups is 1. The van der Waals surface area contributed by atoms with E-state index in [2.05, 4.69) is 44.7 Å². The number of piperidine rings is 1. The van der Waals surface area contributed by atoms with Gasteiger partial charge in [-0.1, -0.05) is 31.6 Å². The van der Waals surface area contributed by atoms with E-state index in [1.54, 1.807) is 0 Å². The Morgan fingerprint density at radius 3 is 2.90 bits per heavy atom. The summed E-state index contributed by atoms with van der Waals surface area (Å²) in [5, 5.41) is 9.87. The second-order valence-corrected chi connectivity index (χ2v) is 7.35. The Labute approximate surface area is 128 Å². The van der Waals surface area contributed by atoms with Crippen LogP contribution in [0.5, 0.6) is 5.75 Å². The second-order valence-electron chi connectivity index (χ2n) is 7.35. The van der Waals surface area contributed by atoms with E-state index in [-0.39, 0.29) is 5.41 Å². The topological polar surface area (TPSA) is 23.5 Å². The van der Waals surface area contributed by atoms with Gasteiger partial charge in [-0.25, -0.2) is 0 Å². The number of allylic oxidation sites excluding steroid dienone is 1. The van der Waals surface area contributed by atoms with Gasteiger partial charge in [-0.15, -0.1) is 0 Å². The third kappa shape index (κ3) is 2.40. The van der Waals surface area contributed by atoms with Crippen molar-refractivity contribution in [3.05, 3.63) is 41.0 Å². The molecule has 1 aliphatic carbocycles. The largest absolute Gasteiger partial charge is 0.508 e. The molecule has 1 N–H and O–H groups in total. The molecule has 3 rings (SSSR count). The molecule has 1 saturated heterocycles. The Balaban J connectivity index is 1.96. The fourth-order valence-electron chi connectivity index (χ4n) is 4.22. The highest BCUT2D eigenvalue weighted by atomic mass is 16.3. The predicted molar refractivity (Wildman–Crippen MR) is 87.7 cm³/mol. The van der Waals surface area contributed by atoms with Crippen LogP contribution in [-0.2, 0) is 11.8 Å². The highest BCUT2D eigenvalue weighted by Crippen LogP contribution is 2.49. The quantitative estimate of drug-likeness (QED) is 0.834. The first kappa shape index (κ1) is 14.6. The van der Waals surface area contributed by atoms with Gasteiger partial charge in [0.05, 0.1) is 0 Å². The van der Waals surface area contributed by atoms with E-state index in [9.17, 15) is 5.11 Å². The zero-order valence-electron chi connectivity index (χ0n) is 13.7. The number of hydrogen-bond donors (Lipinski definition) is 1. The summed E-state index contributed by atoms with van der Waals surface area (Å²) in [6.45, 7) is 11.4. The minimum absolute atomic E-state index is 0.207. The average Bonchev–Trinajstić information content (AvgIpc) is 2.43. The van der Waals surface area contributed by atoms with Crippen molar-refractivity contribution >= 4 is 0 Å². The van der Waals surface area contributed by atoms with Gasteiger partial charge in [0.1, 0.15) is 5.75 Å². The first-order valence-corrected chi connectivity index (χ1v) is 8.11. The van der Waals surface area contributed by atoms with Crippen LogP contribution in [0.4, 0.5) is 0 Å². The number of likely N-dealkylation sites (tertiary alicyclic amines) is 1. The number of benzene rings is 1. The number of nitrogens with zero attached hydrogens (tertiary/aromatic N) is 1. The summed E-state index contributed by atoms with van der Waals surface area (Å²) >= 11 is 0. The fraction of sp³-hybridized carbons (Fsp3) is 0.579. The van der Waals surface area contributed by atoms with Gasteiger partial charge in [-0.05, 0) is 67.8 Å². The predicted octanol–water partition coefficient (Wildman–Crippen LogP) is 3.88. The summed E-state index contributed by atoms with van der Waals surface area (Å²) in [4.78, 5) is 2.65. The van der Waals surface area contributed by atoms with Crippen LogP contribution in [0.1, 0.15) is 45.2 Å². The van der Waals surface area contributed by atoms with E-state index in [0.717, 1.165) is 19.5 Å². The molecule has 2 bridgehead atoms. The minimum Gasteiger partial charge on any atom is -0.508 e. The summed E-state index contributed by atoms with van der Waals surface area (Å²) in [6, 6.07) is 6.60. The molecule has 2 aliphatic rings. The summed E-state index contributed by atoms with van der Waals surface area (Å²) in [7, 11) is 0. The molecule has 0 spiro atoms. The molecule has 0 saturated carbocycles. The van der Waals surface area contributed by atoms with Crippen molar-refractivity contribution in [1.82, 2.24) is 4.90 Å². The third-order valence-corrected chi connectivity index (χ3v) is 5.84. The van der Waals surface area contributed by atoms with Crippen LogP contribution in [-0.4, -0.2) is 29.1 Å². The maximum Gasteiger partial charge on any atom is 0.115 e. The number of hydrogen-bond acceptors (Lipinski definition) is 2. The fourth-order valence-corrected chi connectivity index (χ4v) is 4.22. The first-order chi connectivity index (χ1) is 9.91. The molecule has 1 heterocycles. The number of phenolic OH excluding ortho intramolecular Hbond substituents is 1. The van der Waals surface area contributed by atoms with Crippen molar-refractivity contribution in [1.29, 1.82) is 0 Å². The smallest absolute Gasteiger partial charge is 0.115 e. The van der Waals surface area contributed by atoms with E-state index in [1.165, 1.54) is 23.1 Å². The van der Waals surface area contributed by atoms with Gasteiger partial charge in [0.2, 0.25) is 0 Å². The summed E-state index contributed by atoms with van der Waals surface area (Å²) in [6.07, 6.45) is 4.64. The maximum absolute atomic E-state index is 9.87. The van der Waals surface area contributed by atoms with Crippen molar-refractivity contribution in [2.24, 2.45) is 5.92 Å². The Hall–Kier alpha value is -1.28. The molecule has 0 amide bonds. The summed E-state index contributed by atoms with van der Waals surface area (Å²) < 4.78 is 0. The highest BCUT2D eigenvalue weighted by molar-refractivity contribution is 5.44. The number of rotatable bonds is 2.